The summed E-state index contributed by atoms with van der Waals surface area (Å²) in [5.74, 6) is -0.0329. The minimum Gasteiger partial charge on any atom is -0.379 e. The van der Waals surface area contributed by atoms with Crippen LogP contribution in [0.25, 0.3) is 0 Å². The van der Waals surface area contributed by atoms with Crippen molar-refractivity contribution in [2.45, 2.75) is 13.0 Å². The molecule has 1 fully saturated rings. The lowest BCUT2D eigenvalue weighted by atomic mass is 10.3. The fourth-order valence-electron chi connectivity index (χ4n) is 2.34. The number of aromatic nitrogens is 1. The van der Waals surface area contributed by atoms with Crippen molar-refractivity contribution < 1.29 is 9.53 Å². The molecule has 116 valence electrons. The Bertz CT molecular complexity index is 609. The topological polar surface area (TPSA) is 54.5 Å². The van der Waals surface area contributed by atoms with Gasteiger partial charge >= 0.3 is 0 Å². The van der Waals surface area contributed by atoms with Crippen molar-refractivity contribution in [3.8, 4) is 0 Å². The molecule has 1 aromatic heterocycles. The third kappa shape index (κ3) is 4.37. The average molecular weight is 317 g/mol. The lowest BCUT2D eigenvalue weighted by Gasteiger charge is -2.25. The first-order valence-electron chi connectivity index (χ1n) is 7.38. The number of carbonyl (C=O) groups excluding carboxylic acids is 1. The maximum absolute atomic E-state index is 12.0. The highest BCUT2D eigenvalue weighted by atomic mass is 32.1. The van der Waals surface area contributed by atoms with Crippen molar-refractivity contribution in [3.63, 3.8) is 0 Å². The normalized spacial score (nSPS) is 15.6. The number of carbonyl (C=O) groups is 1. The molecule has 0 saturated carbocycles. The van der Waals surface area contributed by atoms with Gasteiger partial charge < -0.3 is 10.1 Å². The molecule has 0 unspecified atom stereocenters. The van der Waals surface area contributed by atoms with Crippen molar-refractivity contribution in [1.82, 2.24) is 9.88 Å². The molecule has 0 atom stereocenters. The summed E-state index contributed by atoms with van der Waals surface area (Å²) in [7, 11) is 0. The van der Waals surface area contributed by atoms with Crippen LogP contribution in [0.3, 0.4) is 0 Å². The highest BCUT2D eigenvalue weighted by Crippen LogP contribution is 2.14. The Kier molecular flexibility index (Phi) is 5.15. The molecule has 0 radical (unpaired) electrons. The quantitative estimate of drug-likeness (QED) is 0.918. The van der Waals surface area contributed by atoms with E-state index in [1.165, 1.54) is 0 Å². The number of nitrogens with one attached hydrogen (secondary N) is 1. The van der Waals surface area contributed by atoms with Gasteiger partial charge in [0.2, 0.25) is 5.91 Å². The van der Waals surface area contributed by atoms with E-state index in [9.17, 15) is 4.79 Å². The number of benzene rings is 1. The fourth-order valence-corrected chi connectivity index (χ4v) is 3.18. The molecule has 1 N–H and O–H groups in total. The highest BCUT2D eigenvalue weighted by molar-refractivity contribution is 7.09. The van der Waals surface area contributed by atoms with Crippen LogP contribution in [0, 0.1) is 0 Å². The van der Waals surface area contributed by atoms with Gasteiger partial charge in [0.1, 0.15) is 5.01 Å². The van der Waals surface area contributed by atoms with Crippen LogP contribution >= 0.6 is 11.3 Å². The largest absolute Gasteiger partial charge is 0.379 e. The van der Waals surface area contributed by atoms with Crippen LogP contribution in [-0.2, 0) is 22.5 Å². The van der Waals surface area contributed by atoms with Gasteiger partial charge in [0, 0.05) is 24.2 Å². The van der Waals surface area contributed by atoms with Gasteiger partial charge in [-0.2, -0.15) is 0 Å². The molecule has 0 spiro atoms. The van der Waals surface area contributed by atoms with Gasteiger partial charge in [-0.3, -0.25) is 9.69 Å². The van der Waals surface area contributed by atoms with Gasteiger partial charge in [-0.15, -0.1) is 11.3 Å². The molecule has 1 aliphatic rings. The molecule has 1 amide bonds. The summed E-state index contributed by atoms with van der Waals surface area (Å²) in [5, 5.41) is 5.91. The molecule has 6 heteroatoms. The van der Waals surface area contributed by atoms with Crippen LogP contribution in [0.1, 0.15) is 10.7 Å². The zero-order valence-corrected chi connectivity index (χ0v) is 13.1. The lowest BCUT2D eigenvalue weighted by Crippen LogP contribution is -2.35. The molecule has 0 aliphatic carbocycles. The van der Waals surface area contributed by atoms with E-state index in [1.54, 1.807) is 11.3 Å². The molecule has 1 saturated heterocycles. The average Bonchev–Trinajstić information content (AvgIpc) is 2.96. The molecule has 0 bridgehead atoms. The molecule has 22 heavy (non-hydrogen) atoms. The summed E-state index contributed by atoms with van der Waals surface area (Å²) in [6, 6.07) is 9.48. The molecular weight excluding hydrogens is 298 g/mol. The predicted molar refractivity (Wildman–Crippen MR) is 87.0 cm³/mol. The van der Waals surface area contributed by atoms with Gasteiger partial charge in [-0.05, 0) is 12.1 Å². The minimum absolute atomic E-state index is 0.0329. The van der Waals surface area contributed by atoms with E-state index in [-0.39, 0.29) is 5.91 Å². The number of anilines is 1. The summed E-state index contributed by atoms with van der Waals surface area (Å²) < 4.78 is 5.34. The van der Waals surface area contributed by atoms with Gasteiger partial charge in [0.05, 0.1) is 31.9 Å². The van der Waals surface area contributed by atoms with Gasteiger partial charge in [0.15, 0.2) is 0 Å². The highest BCUT2D eigenvalue weighted by Gasteiger charge is 2.13. The molecule has 2 aromatic rings. The summed E-state index contributed by atoms with van der Waals surface area (Å²) in [6.07, 6.45) is 0.314. The van der Waals surface area contributed by atoms with Crippen molar-refractivity contribution in [1.29, 1.82) is 0 Å². The summed E-state index contributed by atoms with van der Waals surface area (Å²) in [5.41, 5.74) is 1.65. The SMILES string of the molecule is O=C(Cc1csc(CN2CCOCC2)n1)Nc1ccccc1. The third-order valence-electron chi connectivity index (χ3n) is 3.46. The number of amides is 1. The Morgan fingerprint density at radius 3 is 2.82 bits per heavy atom. The van der Waals surface area contributed by atoms with Crippen LogP contribution in [0.15, 0.2) is 35.7 Å². The van der Waals surface area contributed by atoms with E-state index in [2.05, 4.69) is 15.2 Å². The number of rotatable bonds is 5. The maximum Gasteiger partial charge on any atom is 0.230 e. The zero-order chi connectivity index (χ0) is 15.2. The first-order chi connectivity index (χ1) is 10.8. The molecule has 3 rings (SSSR count). The molecule has 1 aliphatic heterocycles. The number of ether oxygens (including phenoxy) is 1. The second kappa shape index (κ2) is 7.49. The van der Waals surface area contributed by atoms with E-state index >= 15 is 0 Å². The molecule has 1 aromatic carbocycles. The lowest BCUT2D eigenvalue weighted by molar-refractivity contribution is -0.115. The molecule has 2 heterocycles. The smallest absolute Gasteiger partial charge is 0.230 e. The van der Waals surface area contributed by atoms with Crippen LogP contribution < -0.4 is 5.32 Å². The first-order valence-corrected chi connectivity index (χ1v) is 8.26. The van der Waals surface area contributed by atoms with Crippen molar-refractivity contribution in [2.24, 2.45) is 0 Å². The van der Waals surface area contributed by atoms with Crippen molar-refractivity contribution in [2.75, 3.05) is 31.6 Å². The van der Waals surface area contributed by atoms with E-state index in [0.29, 0.717) is 6.42 Å². The summed E-state index contributed by atoms with van der Waals surface area (Å²) in [4.78, 5) is 18.9. The second-order valence-electron chi connectivity index (χ2n) is 5.21. The van der Waals surface area contributed by atoms with Gasteiger partial charge in [-0.25, -0.2) is 4.98 Å². The zero-order valence-electron chi connectivity index (χ0n) is 12.3. The van der Waals surface area contributed by atoms with E-state index in [1.807, 2.05) is 35.7 Å². The number of nitrogens with zero attached hydrogens (tertiary/aromatic N) is 2. The Hall–Kier alpha value is -1.76. The number of hydrogen-bond acceptors (Lipinski definition) is 5. The Morgan fingerprint density at radius 1 is 1.27 bits per heavy atom. The van der Waals surface area contributed by atoms with E-state index < -0.39 is 0 Å². The molecule has 5 nitrogen and oxygen atoms in total. The molecular formula is C16H19N3O2S. The van der Waals surface area contributed by atoms with Crippen LogP contribution in [0.4, 0.5) is 5.69 Å². The van der Waals surface area contributed by atoms with Gasteiger partial charge in [-0.1, -0.05) is 18.2 Å². The first kappa shape index (κ1) is 15.1. The Labute approximate surface area is 133 Å². The minimum atomic E-state index is -0.0329. The van der Waals surface area contributed by atoms with Crippen LogP contribution in [0.5, 0.6) is 0 Å². The monoisotopic (exact) mass is 317 g/mol. The predicted octanol–water partition coefficient (Wildman–Crippen LogP) is 2.16. The Balaban J connectivity index is 1.51. The standard InChI is InChI=1S/C16H19N3O2S/c20-15(17-13-4-2-1-3-5-13)10-14-12-22-16(18-14)11-19-6-8-21-9-7-19/h1-5,12H,6-11H2,(H,17,20). The maximum atomic E-state index is 12.0. The summed E-state index contributed by atoms with van der Waals surface area (Å²) >= 11 is 1.62. The number of thiazole rings is 1. The number of morpholine rings is 1. The number of para-hydroxylation sites is 1. The second-order valence-corrected chi connectivity index (χ2v) is 6.15. The third-order valence-corrected chi connectivity index (χ3v) is 4.34. The van der Waals surface area contributed by atoms with E-state index in [4.69, 9.17) is 4.74 Å². The van der Waals surface area contributed by atoms with E-state index in [0.717, 1.165) is 49.2 Å². The van der Waals surface area contributed by atoms with Gasteiger partial charge in [0.25, 0.3) is 0 Å². The summed E-state index contributed by atoms with van der Waals surface area (Å²) in [6.45, 7) is 4.32. The van der Waals surface area contributed by atoms with Crippen molar-refractivity contribution >= 4 is 22.9 Å². The fraction of sp³-hybridized carbons (Fsp3) is 0.375. The Morgan fingerprint density at radius 2 is 2.05 bits per heavy atom. The van der Waals surface area contributed by atoms with Crippen LogP contribution in [-0.4, -0.2) is 42.1 Å². The van der Waals surface area contributed by atoms with Crippen LogP contribution in [0.2, 0.25) is 0 Å². The number of hydrogen-bond donors (Lipinski definition) is 1. The van der Waals surface area contributed by atoms with Crippen molar-refractivity contribution in [3.05, 3.63) is 46.4 Å².